The molecule has 1 unspecified atom stereocenters. The smallest absolute Gasteiger partial charge is 0.314 e. The van der Waals surface area contributed by atoms with Gasteiger partial charge in [0, 0.05) is 43.4 Å². The Morgan fingerprint density at radius 2 is 1.81 bits per heavy atom. The third-order valence-corrected chi connectivity index (χ3v) is 5.56. The topological polar surface area (TPSA) is 87.8 Å². The molecular weight excluding hydrogens is 392 g/mol. The van der Waals surface area contributed by atoms with Crippen molar-refractivity contribution < 1.29 is 9.53 Å². The molecule has 0 spiro atoms. The summed E-state index contributed by atoms with van der Waals surface area (Å²) >= 11 is 0. The fourth-order valence-electron chi connectivity index (χ4n) is 3.82. The van der Waals surface area contributed by atoms with Gasteiger partial charge < -0.3 is 15.4 Å². The number of hydrogen-bond donors (Lipinski definition) is 1. The molecule has 0 bridgehead atoms. The maximum atomic E-state index is 11.7. The van der Waals surface area contributed by atoms with Crippen LogP contribution in [0, 0.1) is 0 Å². The van der Waals surface area contributed by atoms with Gasteiger partial charge in [-0.15, -0.1) is 0 Å². The molecule has 2 aromatic carbocycles. The molecule has 3 aromatic rings. The molecule has 8 heteroatoms. The van der Waals surface area contributed by atoms with E-state index < -0.39 is 0 Å². The van der Waals surface area contributed by atoms with Crippen molar-refractivity contribution in [3.05, 3.63) is 72.6 Å². The molecule has 2 amide bonds. The third-order valence-electron chi connectivity index (χ3n) is 5.56. The summed E-state index contributed by atoms with van der Waals surface area (Å²) in [5.74, 6) is 1.35. The van der Waals surface area contributed by atoms with Gasteiger partial charge in [0.1, 0.15) is 5.75 Å². The molecule has 1 aromatic heterocycles. The van der Waals surface area contributed by atoms with Gasteiger partial charge in [0.05, 0.1) is 13.2 Å². The lowest BCUT2D eigenvalue weighted by molar-refractivity contribution is 0.114. The number of aromatic nitrogens is 2. The predicted octanol–water partition coefficient (Wildman–Crippen LogP) is 3.32. The van der Waals surface area contributed by atoms with Crippen molar-refractivity contribution in [1.82, 2.24) is 19.8 Å². The summed E-state index contributed by atoms with van der Waals surface area (Å²) in [6, 6.07) is 17.5. The highest BCUT2D eigenvalue weighted by molar-refractivity contribution is 5.74. The van der Waals surface area contributed by atoms with Gasteiger partial charge in [-0.25, -0.2) is 14.8 Å². The monoisotopic (exact) mass is 418 g/mol. The quantitative estimate of drug-likeness (QED) is 0.684. The molecule has 0 radical (unpaired) electrons. The maximum Gasteiger partial charge on any atom is 0.314 e. The molecule has 8 nitrogen and oxygen atoms in total. The zero-order chi connectivity index (χ0) is 21.8. The van der Waals surface area contributed by atoms with E-state index in [1.54, 1.807) is 30.5 Å². The minimum atomic E-state index is -0.383. The average molecular weight is 419 g/mol. The Hall–Kier alpha value is -3.65. The van der Waals surface area contributed by atoms with Crippen LogP contribution in [0.1, 0.15) is 11.6 Å². The molecule has 2 N–H and O–H groups in total. The Labute approximate surface area is 181 Å². The van der Waals surface area contributed by atoms with Gasteiger partial charge in [0.15, 0.2) is 0 Å². The van der Waals surface area contributed by atoms with Crippen LogP contribution in [0.25, 0.3) is 0 Å². The van der Waals surface area contributed by atoms with Crippen LogP contribution >= 0.6 is 0 Å². The van der Waals surface area contributed by atoms with E-state index in [0.717, 1.165) is 29.2 Å². The van der Waals surface area contributed by atoms with Gasteiger partial charge in [0.25, 0.3) is 0 Å². The van der Waals surface area contributed by atoms with E-state index in [4.69, 9.17) is 10.5 Å². The number of rotatable bonds is 5. The molecule has 160 valence electrons. The zero-order valence-corrected chi connectivity index (χ0v) is 17.7. The number of methoxy groups -OCH3 is 1. The van der Waals surface area contributed by atoms with E-state index in [-0.39, 0.29) is 12.1 Å². The number of carbonyl (C=O) groups excluding carboxylic acids is 1. The number of benzene rings is 2. The van der Waals surface area contributed by atoms with Crippen molar-refractivity contribution in [3.8, 4) is 5.75 Å². The lowest BCUT2D eigenvalue weighted by Crippen LogP contribution is -2.50. The minimum absolute atomic E-state index is 0.0515. The van der Waals surface area contributed by atoms with Crippen molar-refractivity contribution in [2.45, 2.75) is 6.04 Å². The standard InChI is InChI=1S/C23H26N6O2/c1-27-13-14-28(22(24)30)16-21(27)17-5-3-6-19(15-17)29(23-25-11-4-12-26-23)18-7-9-20(31-2)10-8-18/h3-12,15,21H,13-14,16H2,1-2H3,(H2,24,30). The Bertz CT molecular complexity index is 1030. The van der Waals surface area contributed by atoms with E-state index in [0.29, 0.717) is 19.0 Å². The Morgan fingerprint density at radius 1 is 1.06 bits per heavy atom. The van der Waals surface area contributed by atoms with Crippen LogP contribution < -0.4 is 15.4 Å². The van der Waals surface area contributed by atoms with Crippen molar-refractivity contribution in [2.24, 2.45) is 5.73 Å². The molecule has 0 aliphatic carbocycles. The average Bonchev–Trinajstić information content (AvgIpc) is 2.81. The van der Waals surface area contributed by atoms with Crippen LogP contribution in [-0.4, -0.2) is 59.6 Å². The summed E-state index contributed by atoms with van der Waals surface area (Å²) in [5.41, 5.74) is 8.48. The van der Waals surface area contributed by atoms with E-state index in [1.165, 1.54) is 0 Å². The first-order valence-corrected chi connectivity index (χ1v) is 10.1. The second-order valence-corrected chi connectivity index (χ2v) is 7.46. The van der Waals surface area contributed by atoms with Crippen molar-refractivity contribution in [3.63, 3.8) is 0 Å². The van der Waals surface area contributed by atoms with E-state index in [1.807, 2.05) is 41.3 Å². The van der Waals surface area contributed by atoms with Crippen LogP contribution in [0.2, 0.25) is 0 Å². The summed E-state index contributed by atoms with van der Waals surface area (Å²) in [6.07, 6.45) is 3.45. The van der Waals surface area contributed by atoms with Gasteiger partial charge in [-0.05, 0) is 55.1 Å². The first kappa shape index (κ1) is 20.6. The largest absolute Gasteiger partial charge is 0.497 e. The number of urea groups is 1. The highest BCUT2D eigenvalue weighted by Crippen LogP contribution is 2.35. The fraction of sp³-hybridized carbons (Fsp3) is 0.261. The van der Waals surface area contributed by atoms with Gasteiger partial charge in [-0.2, -0.15) is 0 Å². The van der Waals surface area contributed by atoms with Crippen molar-refractivity contribution in [1.29, 1.82) is 0 Å². The number of anilines is 3. The van der Waals surface area contributed by atoms with Crippen LogP contribution in [0.3, 0.4) is 0 Å². The SMILES string of the molecule is COc1ccc(N(c2cccc(C3CN(C(N)=O)CCN3C)c2)c2ncccn2)cc1. The van der Waals surface area contributed by atoms with E-state index in [9.17, 15) is 4.79 Å². The molecule has 4 rings (SSSR count). The highest BCUT2D eigenvalue weighted by Gasteiger charge is 2.28. The summed E-state index contributed by atoms with van der Waals surface area (Å²) in [4.78, 5) is 26.6. The summed E-state index contributed by atoms with van der Waals surface area (Å²) in [7, 11) is 3.71. The molecule has 1 aliphatic rings. The van der Waals surface area contributed by atoms with Crippen LogP contribution in [0.15, 0.2) is 67.0 Å². The Morgan fingerprint density at radius 3 is 2.48 bits per heavy atom. The van der Waals surface area contributed by atoms with E-state index >= 15 is 0 Å². The van der Waals surface area contributed by atoms with E-state index in [2.05, 4.69) is 34.0 Å². The van der Waals surface area contributed by atoms with Crippen LogP contribution in [0.5, 0.6) is 5.75 Å². The summed E-state index contributed by atoms with van der Waals surface area (Å²) < 4.78 is 5.30. The lowest BCUT2D eigenvalue weighted by Gasteiger charge is -2.39. The number of primary amides is 1. The molecule has 2 heterocycles. The van der Waals surface area contributed by atoms with Gasteiger partial charge in [-0.1, -0.05) is 12.1 Å². The van der Waals surface area contributed by atoms with Crippen molar-refractivity contribution in [2.75, 3.05) is 38.7 Å². The predicted molar refractivity (Wildman–Crippen MR) is 120 cm³/mol. The normalized spacial score (nSPS) is 16.7. The minimum Gasteiger partial charge on any atom is -0.497 e. The number of hydrogen-bond acceptors (Lipinski definition) is 6. The molecular formula is C23H26N6O2. The van der Waals surface area contributed by atoms with Crippen LogP contribution in [0.4, 0.5) is 22.1 Å². The van der Waals surface area contributed by atoms with Crippen LogP contribution in [-0.2, 0) is 0 Å². The molecule has 1 fully saturated rings. The first-order valence-electron chi connectivity index (χ1n) is 10.1. The lowest BCUT2D eigenvalue weighted by atomic mass is 10.0. The molecule has 1 saturated heterocycles. The number of ether oxygens (including phenoxy) is 1. The molecule has 31 heavy (non-hydrogen) atoms. The number of amides is 2. The Balaban J connectivity index is 1.73. The summed E-state index contributed by atoms with van der Waals surface area (Å²) in [5, 5.41) is 0. The molecule has 1 aliphatic heterocycles. The zero-order valence-electron chi connectivity index (χ0n) is 17.7. The van der Waals surface area contributed by atoms with Gasteiger partial charge in [0.2, 0.25) is 5.95 Å². The Kier molecular flexibility index (Phi) is 5.99. The fourth-order valence-corrected chi connectivity index (χ4v) is 3.82. The number of likely N-dealkylation sites (N-methyl/N-ethyl adjacent to an activating group) is 1. The van der Waals surface area contributed by atoms with Gasteiger partial charge >= 0.3 is 6.03 Å². The molecule has 0 saturated carbocycles. The maximum absolute atomic E-state index is 11.7. The summed E-state index contributed by atoms with van der Waals surface area (Å²) in [6.45, 7) is 1.96. The second-order valence-electron chi connectivity index (χ2n) is 7.46. The van der Waals surface area contributed by atoms with Crippen molar-refractivity contribution >= 4 is 23.4 Å². The van der Waals surface area contributed by atoms with Gasteiger partial charge in [-0.3, -0.25) is 9.80 Å². The number of nitrogens with two attached hydrogens (primary N) is 1. The molecule has 1 atom stereocenters. The third kappa shape index (κ3) is 4.44. The number of carbonyl (C=O) groups is 1. The first-order chi connectivity index (χ1) is 15.1. The number of nitrogens with zero attached hydrogens (tertiary/aromatic N) is 5. The second kappa shape index (κ2) is 9.01. The highest BCUT2D eigenvalue weighted by atomic mass is 16.5. The number of piperazine rings is 1.